The van der Waals surface area contributed by atoms with Crippen molar-refractivity contribution in [2.45, 2.75) is 0 Å². The summed E-state index contributed by atoms with van der Waals surface area (Å²) in [5.74, 6) is -1.46. The molecule has 0 fully saturated rings. The number of amides is 1. The Balaban J connectivity index is 2.00. The van der Waals surface area contributed by atoms with E-state index in [4.69, 9.17) is 23.2 Å². The third-order valence-electron chi connectivity index (χ3n) is 3.03. The van der Waals surface area contributed by atoms with Gasteiger partial charge < -0.3 is 15.4 Å². The van der Waals surface area contributed by atoms with Gasteiger partial charge >= 0.3 is 5.97 Å². The number of halogens is 3. The molecule has 2 rings (SSSR count). The van der Waals surface area contributed by atoms with E-state index in [1.165, 1.54) is 31.4 Å². The van der Waals surface area contributed by atoms with E-state index >= 15 is 0 Å². The lowest BCUT2D eigenvalue weighted by molar-refractivity contribution is -0.114. The monoisotopic (exact) mass is 370 g/mol. The molecule has 126 valence electrons. The van der Waals surface area contributed by atoms with Crippen LogP contribution in [0.2, 0.25) is 10.0 Å². The predicted octanol–water partition coefficient (Wildman–Crippen LogP) is 3.97. The Morgan fingerprint density at radius 1 is 1.12 bits per heavy atom. The molecule has 0 spiro atoms. The fourth-order valence-electron chi connectivity index (χ4n) is 1.87. The van der Waals surface area contributed by atoms with Crippen LogP contribution in [0.25, 0.3) is 0 Å². The number of ether oxygens (including phenoxy) is 1. The van der Waals surface area contributed by atoms with E-state index < -0.39 is 17.7 Å². The zero-order valence-electron chi connectivity index (χ0n) is 12.5. The highest BCUT2D eigenvalue weighted by Crippen LogP contribution is 2.23. The number of nitrogens with one attached hydrogen (secondary N) is 2. The van der Waals surface area contributed by atoms with Crippen LogP contribution in [0.5, 0.6) is 0 Å². The lowest BCUT2D eigenvalue weighted by atomic mass is 10.2. The Kier molecular flexibility index (Phi) is 6.00. The number of carbonyl (C=O) groups excluding carboxylic acids is 2. The van der Waals surface area contributed by atoms with Gasteiger partial charge in [-0.15, -0.1) is 0 Å². The number of hydrogen-bond acceptors (Lipinski definition) is 4. The minimum absolute atomic E-state index is 0.0874. The molecule has 0 aliphatic heterocycles. The van der Waals surface area contributed by atoms with Crippen molar-refractivity contribution in [2.24, 2.45) is 0 Å². The van der Waals surface area contributed by atoms with Gasteiger partial charge in [-0.3, -0.25) is 4.79 Å². The summed E-state index contributed by atoms with van der Waals surface area (Å²) in [5, 5.41) is 5.74. The van der Waals surface area contributed by atoms with Gasteiger partial charge in [0.2, 0.25) is 5.91 Å². The molecule has 5 nitrogen and oxygen atoms in total. The van der Waals surface area contributed by atoms with E-state index in [-0.39, 0.29) is 22.2 Å². The minimum Gasteiger partial charge on any atom is -0.465 e. The Bertz CT molecular complexity index is 784. The highest BCUT2D eigenvalue weighted by atomic mass is 35.5. The van der Waals surface area contributed by atoms with Crippen LogP contribution in [-0.2, 0) is 9.53 Å². The molecule has 0 aliphatic carbocycles. The molecule has 0 aliphatic rings. The van der Waals surface area contributed by atoms with Crippen LogP contribution in [-0.4, -0.2) is 25.5 Å². The van der Waals surface area contributed by atoms with Crippen molar-refractivity contribution in [1.29, 1.82) is 0 Å². The summed E-state index contributed by atoms with van der Waals surface area (Å²) < 4.78 is 17.6. The van der Waals surface area contributed by atoms with Gasteiger partial charge in [0, 0.05) is 5.69 Å². The van der Waals surface area contributed by atoms with Crippen molar-refractivity contribution in [3.8, 4) is 0 Å². The van der Waals surface area contributed by atoms with E-state index in [9.17, 15) is 14.0 Å². The van der Waals surface area contributed by atoms with Crippen LogP contribution in [0.4, 0.5) is 15.8 Å². The second-order valence-corrected chi connectivity index (χ2v) is 5.53. The van der Waals surface area contributed by atoms with Gasteiger partial charge in [0.25, 0.3) is 0 Å². The van der Waals surface area contributed by atoms with Gasteiger partial charge in [0.05, 0.1) is 35.0 Å². The number of anilines is 2. The summed E-state index contributed by atoms with van der Waals surface area (Å²) in [6.07, 6.45) is 0. The Hall–Kier alpha value is -2.31. The van der Waals surface area contributed by atoms with Gasteiger partial charge in [-0.05, 0) is 36.4 Å². The Morgan fingerprint density at radius 3 is 2.54 bits per heavy atom. The summed E-state index contributed by atoms with van der Waals surface area (Å²) in [6, 6.07) is 8.28. The average molecular weight is 371 g/mol. The molecule has 24 heavy (non-hydrogen) atoms. The highest BCUT2D eigenvalue weighted by molar-refractivity contribution is 6.34. The fourth-order valence-corrected chi connectivity index (χ4v) is 2.28. The molecule has 2 aromatic rings. The Labute approximate surface area is 147 Å². The van der Waals surface area contributed by atoms with Crippen molar-refractivity contribution >= 4 is 46.5 Å². The first-order chi connectivity index (χ1) is 11.4. The lowest BCUT2D eigenvalue weighted by Crippen LogP contribution is -2.22. The summed E-state index contributed by atoms with van der Waals surface area (Å²) in [4.78, 5) is 23.5. The normalized spacial score (nSPS) is 10.2. The number of benzene rings is 2. The molecule has 8 heteroatoms. The van der Waals surface area contributed by atoms with Crippen LogP contribution < -0.4 is 10.6 Å². The minimum atomic E-state index is -0.578. The fraction of sp³-hybridized carbons (Fsp3) is 0.125. The molecule has 2 aromatic carbocycles. The van der Waals surface area contributed by atoms with Crippen molar-refractivity contribution in [1.82, 2.24) is 0 Å². The molecular formula is C16H13Cl2FN2O3. The molecule has 1 amide bonds. The maximum absolute atomic E-state index is 13.0. The summed E-state index contributed by atoms with van der Waals surface area (Å²) in [5.41, 5.74) is 1.00. The van der Waals surface area contributed by atoms with Crippen LogP contribution in [0.3, 0.4) is 0 Å². The van der Waals surface area contributed by atoms with E-state index in [1.807, 2.05) is 0 Å². The van der Waals surface area contributed by atoms with E-state index in [1.54, 1.807) is 6.07 Å². The van der Waals surface area contributed by atoms with Crippen LogP contribution in [0, 0.1) is 5.82 Å². The largest absolute Gasteiger partial charge is 0.465 e. The van der Waals surface area contributed by atoms with Gasteiger partial charge in [0.1, 0.15) is 5.82 Å². The summed E-state index contributed by atoms with van der Waals surface area (Å²) in [6.45, 7) is -0.0874. The van der Waals surface area contributed by atoms with E-state index in [0.717, 1.165) is 6.07 Å². The van der Waals surface area contributed by atoms with E-state index in [0.29, 0.717) is 11.4 Å². The van der Waals surface area contributed by atoms with Gasteiger partial charge in [-0.2, -0.15) is 0 Å². The molecule has 0 saturated heterocycles. The third-order valence-corrected chi connectivity index (χ3v) is 3.67. The number of methoxy groups -OCH3 is 1. The first kappa shape index (κ1) is 18.0. The Morgan fingerprint density at radius 2 is 1.88 bits per heavy atom. The number of carbonyl (C=O) groups is 2. The molecule has 0 heterocycles. The van der Waals surface area contributed by atoms with Crippen molar-refractivity contribution < 1.29 is 18.7 Å². The first-order valence-corrected chi connectivity index (χ1v) is 7.53. The predicted molar refractivity (Wildman–Crippen MR) is 91.3 cm³/mol. The standard InChI is InChI=1S/C16H13Cl2FN2O3/c1-24-16(23)11-7-10(3-4-12(11)17)20-8-15(22)21-14-5-2-9(19)6-13(14)18/h2-7,20H,8H2,1H3,(H,21,22). The number of hydrogen-bond donors (Lipinski definition) is 2. The molecule has 0 aromatic heterocycles. The number of esters is 1. The van der Waals surface area contributed by atoms with Gasteiger partial charge in [0.15, 0.2) is 0 Å². The first-order valence-electron chi connectivity index (χ1n) is 6.77. The zero-order valence-corrected chi connectivity index (χ0v) is 14.0. The summed E-state index contributed by atoms with van der Waals surface area (Å²) in [7, 11) is 1.25. The van der Waals surface area contributed by atoms with Crippen LogP contribution >= 0.6 is 23.2 Å². The number of rotatable bonds is 5. The topological polar surface area (TPSA) is 67.4 Å². The molecule has 2 N–H and O–H groups in total. The molecule has 0 unspecified atom stereocenters. The second kappa shape index (κ2) is 7.99. The van der Waals surface area contributed by atoms with E-state index in [2.05, 4.69) is 15.4 Å². The molecule has 0 saturated carbocycles. The summed E-state index contributed by atoms with van der Waals surface area (Å²) >= 11 is 11.8. The maximum Gasteiger partial charge on any atom is 0.339 e. The molecule has 0 atom stereocenters. The molecule has 0 radical (unpaired) electrons. The van der Waals surface area contributed by atoms with Crippen LogP contribution in [0.15, 0.2) is 36.4 Å². The van der Waals surface area contributed by atoms with Crippen molar-refractivity contribution in [3.05, 3.63) is 57.8 Å². The van der Waals surface area contributed by atoms with Gasteiger partial charge in [-0.25, -0.2) is 9.18 Å². The van der Waals surface area contributed by atoms with Crippen molar-refractivity contribution in [2.75, 3.05) is 24.3 Å². The van der Waals surface area contributed by atoms with Crippen LogP contribution in [0.1, 0.15) is 10.4 Å². The highest BCUT2D eigenvalue weighted by Gasteiger charge is 2.12. The third kappa shape index (κ3) is 4.59. The lowest BCUT2D eigenvalue weighted by Gasteiger charge is -2.10. The maximum atomic E-state index is 13.0. The molecule has 0 bridgehead atoms. The van der Waals surface area contributed by atoms with Crippen molar-refractivity contribution in [3.63, 3.8) is 0 Å². The smallest absolute Gasteiger partial charge is 0.339 e. The quantitative estimate of drug-likeness (QED) is 0.781. The second-order valence-electron chi connectivity index (χ2n) is 4.71. The molecular weight excluding hydrogens is 358 g/mol. The average Bonchev–Trinajstić information content (AvgIpc) is 2.56. The van der Waals surface area contributed by atoms with Gasteiger partial charge in [-0.1, -0.05) is 23.2 Å². The zero-order chi connectivity index (χ0) is 17.7. The SMILES string of the molecule is COC(=O)c1cc(NCC(=O)Nc2ccc(F)cc2Cl)ccc1Cl.